The van der Waals surface area contributed by atoms with Crippen LogP contribution in [0.5, 0.6) is 0 Å². The quantitative estimate of drug-likeness (QED) is 0.834. The molecule has 0 aromatic carbocycles. The van der Waals surface area contributed by atoms with Crippen molar-refractivity contribution in [1.29, 1.82) is 0 Å². The highest BCUT2D eigenvalue weighted by molar-refractivity contribution is 7.87. The number of imidazole rings is 1. The van der Waals surface area contributed by atoms with Crippen LogP contribution in [0.15, 0.2) is 18.5 Å². The van der Waals surface area contributed by atoms with Crippen LogP contribution in [-0.2, 0) is 17.5 Å². The van der Waals surface area contributed by atoms with E-state index in [4.69, 9.17) is 0 Å². The zero-order valence-corrected chi connectivity index (χ0v) is 10.4. The van der Waals surface area contributed by atoms with Gasteiger partial charge in [0, 0.05) is 13.2 Å². The van der Waals surface area contributed by atoms with Crippen LogP contribution in [0.4, 0.5) is 9.83 Å². The van der Waals surface area contributed by atoms with E-state index in [0.29, 0.717) is 11.4 Å². The Morgan fingerprint density at radius 1 is 1.39 bits per heavy atom. The van der Waals surface area contributed by atoms with Crippen molar-refractivity contribution in [3.05, 3.63) is 24.3 Å². The Morgan fingerprint density at radius 2 is 2.11 bits per heavy atom. The van der Waals surface area contributed by atoms with Gasteiger partial charge in [0.05, 0.1) is 17.6 Å². The maximum Gasteiger partial charge on any atom is 0.399 e. The van der Waals surface area contributed by atoms with Gasteiger partial charge in [-0.25, -0.2) is 19.7 Å². The Hall–Kier alpha value is -2.03. The first-order valence-corrected chi connectivity index (χ1v) is 6.29. The first kappa shape index (κ1) is 12.4. The molecule has 2 heterocycles. The summed E-state index contributed by atoms with van der Waals surface area (Å²) in [6.45, 7) is 1.82. The van der Waals surface area contributed by atoms with Gasteiger partial charge in [-0.05, 0) is 13.0 Å². The third-order valence-electron chi connectivity index (χ3n) is 2.35. The average Bonchev–Trinajstić information content (AvgIpc) is 2.58. The number of hydrogen-bond donors (Lipinski definition) is 1. The third kappa shape index (κ3) is 2.62. The van der Waals surface area contributed by atoms with Crippen LogP contribution >= 0.6 is 0 Å². The second kappa shape index (κ2) is 4.33. The molecule has 0 aliphatic rings. The summed E-state index contributed by atoms with van der Waals surface area (Å²) < 4.78 is 36.7. The van der Waals surface area contributed by atoms with Crippen LogP contribution in [0.25, 0.3) is 11.4 Å². The molecule has 0 saturated carbocycles. The van der Waals surface area contributed by atoms with Crippen molar-refractivity contribution < 1.29 is 12.3 Å². The fraction of sp³-hybridized carbons (Fsp3) is 0.222. The summed E-state index contributed by atoms with van der Waals surface area (Å²) in [5, 5.41) is 0. The Bertz CT molecular complexity index is 682. The molecule has 0 spiro atoms. The predicted octanol–water partition coefficient (Wildman–Crippen LogP) is 0.812. The average molecular weight is 271 g/mol. The van der Waals surface area contributed by atoms with Gasteiger partial charge in [0.2, 0.25) is 5.95 Å². The summed E-state index contributed by atoms with van der Waals surface area (Å²) in [6.07, 6.45) is 2.92. The topological polar surface area (TPSA) is 89.8 Å². The Kier molecular flexibility index (Phi) is 2.99. The highest BCUT2D eigenvalue weighted by Crippen LogP contribution is 2.18. The van der Waals surface area contributed by atoms with Crippen LogP contribution in [0, 0.1) is 6.92 Å². The summed E-state index contributed by atoms with van der Waals surface area (Å²) in [4.78, 5) is 11.6. The molecule has 0 aliphatic carbocycles. The molecule has 0 unspecified atom stereocenters. The van der Waals surface area contributed by atoms with Crippen LogP contribution < -0.4 is 4.72 Å². The lowest BCUT2D eigenvalue weighted by molar-refractivity contribution is 0.558. The van der Waals surface area contributed by atoms with Crippen LogP contribution in [0.3, 0.4) is 0 Å². The van der Waals surface area contributed by atoms with Crippen LogP contribution in [0.2, 0.25) is 0 Å². The molecule has 7 nitrogen and oxygen atoms in total. The number of hydrogen-bond acceptors (Lipinski definition) is 5. The highest BCUT2D eigenvalue weighted by Gasteiger charge is 2.12. The Balaban J connectivity index is 2.42. The molecule has 2 aromatic heterocycles. The molecule has 2 aromatic rings. The van der Waals surface area contributed by atoms with E-state index in [2.05, 4.69) is 15.0 Å². The molecule has 0 atom stereocenters. The molecular weight excluding hydrogens is 261 g/mol. The Labute approximate surface area is 103 Å². The molecule has 1 N–H and O–H groups in total. The van der Waals surface area contributed by atoms with E-state index in [9.17, 15) is 12.3 Å². The van der Waals surface area contributed by atoms with Crippen molar-refractivity contribution in [2.45, 2.75) is 6.92 Å². The highest BCUT2D eigenvalue weighted by atomic mass is 32.3. The molecule has 0 bridgehead atoms. The number of halogens is 1. The molecular formula is C9H10FN5O2S. The summed E-state index contributed by atoms with van der Waals surface area (Å²) >= 11 is 0. The molecule has 0 aliphatic heterocycles. The summed E-state index contributed by atoms with van der Waals surface area (Å²) in [5.41, 5.74) is 1.12. The first-order valence-electron chi connectivity index (χ1n) is 4.91. The summed E-state index contributed by atoms with van der Waals surface area (Å²) in [7, 11) is -3.09. The van der Waals surface area contributed by atoms with Crippen molar-refractivity contribution in [1.82, 2.24) is 19.5 Å². The maximum absolute atomic E-state index is 12.5. The molecule has 0 fully saturated rings. The zero-order chi connectivity index (χ0) is 13.3. The minimum absolute atomic E-state index is 0.325. The van der Waals surface area contributed by atoms with Crippen molar-refractivity contribution in [2.75, 3.05) is 4.72 Å². The van der Waals surface area contributed by atoms with E-state index in [0.717, 1.165) is 5.82 Å². The van der Waals surface area contributed by atoms with Gasteiger partial charge >= 0.3 is 10.4 Å². The van der Waals surface area contributed by atoms with Gasteiger partial charge in [0.25, 0.3) is 0 Å². The van der Waals surface area contributed by atoms with Crippen molar-refractivity contribution >= 4 is 16.4 Å². The fourth-order valence-corrected chi connectivity index (χ4v) is 1.72. The molecule has 0 amide bonds. The maximum atomic E-state index is 12.5. The van der Waals surface area contributed by atoms with Crippen LogP contribution in [0.1, 0.15) is 5.82 Å². The fourth-order valence-electron chi connectivity index (χ4n) is 1.40. The zero-order valence-electron chi connectivity index (χ0n) is 9.62. The standard InChI is InChI=1S/C9H10FN5O2S/c1-6-12-5-8(15(6)2)7-3-4-11-9(13-7)14-18(10,16)17/h3-5H,1-2H3,(H,11,13,14). The lowest BCUT2D eigenvalue weighted by atomic mass is 10.3. The van der Waals surface area contributed by atoms with E-state index >= 15 is 0 Å². The number of anilines is 1. The van der Waals surface area contributed by atoms with E-state index in [1.165, 1.54) is 6.20 Å². The Morgan fingerprint density at radius 3 is 2.67 bits per heavy atom. The lowest BCUT2D eigenvalue weighted by Gasteiger charge is -2.04. The monoisotopic (exact) mass is 271 g/mol. The number of rotatable bonds is 3. The van der Waals surface area contributed by atoms with Gasteiger partial charge in [-0.15, -0.1) is 0 Å². The summed E-state index contributed by atoms with van der Waals surface area (Å²) in [6, 6.07) is 1.58. The van der Waals surface area contributed by atoms with E-state index < -0.39 is 10.4 Å². The number of nitrogens with one attached hydrogen (secondary N) is 1. The van der Waals surface area contributed by atoms with Gasteiger partial charge < -0.3 is 4.57 Å². The van der Waals surface area contributed by atoms with Gasteiger partial charge in [-0.3, -0.25) is 0 Å². The summed E-state index contributed by atoms with van der Waals surface area (Å²) in [5.74, 6) is 0.449. The molecule has 2 rings (SSSR count). The number of aromatic nitrogens is 4. The van der Waals surface area contributed by atoms with Crippen molar-refractivity contribution in [2.24, 2.45) is 7.05 Å². The van der Waals surface area contributed by atoms with Crippen molar-refractivity contribution in [3.63, 3.8) is 0 Å². The predicted molar refractivity (Wildman–Crippen MR) is 62.6 cm³/mol. The smallest absolute Gasteiger partial charge is 0.330 e. The van der Waals surface area contributed by atoms with Crippen molar-refractivity contribution in [3.8, 4) is 11.4 Å². The molecule has 0 saturated heterocycles. The third-order valence-corrected chi connectivity index (χ3v) is 2.78. The first-order chi connectivity index (χ1) is 8.37. The van der Waals surface area contributed by atoms with Gasteiger partial charge in [-0.1, -0.05) is 3.89 Å². The second-order valence-corrected chi connectivity index (χ2v) is 4.63. The van der Waals surface area contributed by atoms with Gasteiger partial charge in [-0.2, -0.15) is 8.42 Å². The van der Waals surface area contributed by atoms with E-state index in [-0.39, 0.29) is 5.95 Å². The molecule has 0 radical (unpaired) electrons. The number of nitrogens with zero attached hydrogens (tertiary/aromatic N) is 4. The minimum Gasteiger partial charge on any atom is -0.330 e. The lowest BCUT2D eigenvalue weighted by Crippen LogP contribution is -2.09. The minimum atomic E-state index is -4.88. The van der Waals surface area contributed by atoms with E-state index in [1.54, 1.807) is 28.6 Å². The van der Waals surface area contributed by atoms with Gasteiger partial charge in [0.15, 0.2) is 0 Å². The number of aryl methyl sites for hydroxylation is 1. The molecule has 9 heteroatoms. The normalized spacial score (nSPS) is 11.5. The molecule has 18 heavy (non-hydrogen) atoms. The van der Waals surface area contributed by atoms with Crippen LogP contribution in [-0.4, -0.2) is 27.9 Å². The van der Waals surface area contributed by atoms with Gasteiger partial charge in [0.1, 0.15) is 5.82 Å². The SMILES string of the molecule is Cc1ncc(-c2ccnc(NS(=O)(=O)F)n2)n1C. The van der Waals surface area contributed by atoms with E-state index in [1.807, 2.05) is 6.92 Å². The largest absolute Gasteiger partial charge is 0.399 e. The second-order valence-electron chi connectivity index (χ2n) is 3.56. The molecule has 96 valence electrons.